The van der Waals surface area contributed by atoms with Crippen LogP contribution < -0.4 is 5.32 Å². The fourth-order valence-corrected chi connectivity index (χ4v) is 2.46. The van der Waals surface area contributed by atoms with Crippen molar-refractivity contribution in [3.63, 3.8) is 0 Å². The Labute approximate surface area is 109 Å². The first-order valence-electron chi connectivity index (χ1n) is 6.65. The zero-order chi connectivity index (χ0) is 13.0. The van der Waals surface area contributed by atoms with Gasteiger partial charge in [0.05, 0.1) is 0 Å². The normalized spacial score (nSPS) is 17.1. The molecule has 18 heavy (non-hydrogen) atoms. The van der Waals surface area contributed by atoms with Gasteiger partial charge in [0.25, 0.3) is 0 Å². The van der Waals surface area contributed by atoms with Crippen LogP contribution in [0.4, 0.5) is 0 Å². The number of benzene rings is 1. The second-order valence-corrected chi connectivity index (χ2v) is 5.32. The summed E-state index contributed by atoms with van der Waals surface area (Å²) in [5.74, 6) is 0.527. The Hall–Kier alpha value is -1.19. The molecule has 0 bridgehead atoms. The van der Waals surface area contributed by atoms with Gasteiger partial charge in [0.15, 0.2) is 5.78 Å². The van der Waals surface area contributed by atoms with Gasteiger partial charge >= 0.3 is 0 Å². The third kappa shape index (κ3) is 3.40. The summed E-state index contributed by atoms with van der Waals surface area (Å²) in [4.78, 5) is 14.4. The number of piperidine rings is 1. The van der Waals surface area contributed by atoms with Gasteiger partial charge in [-0.2, -0.15) is 0 Å². The summed E-state index contributed by atoms with van der Waals surface area (Å²) in [6.45, 7) is 2.85. The molecule has 0 aliphatic carbocycles. The average Bonchev–Trinajstić information content (AvgIpc) is 2.39. The van der Waals surface area contributed by atoms with Gasteiger partial charge in [0, 0.05) is 18.0 Å². The van der Waals surface area contributed by atoms with E-state index in [1.54, 1.807) is 0 Å². The zero-order valence-corrected chi connectivity index (χ0v) is 11.3. The van der Waals surface area contributed by atoms with Crippen LogP contribution in [0, 0.1) is 5.92 Å². The van der Waals surface area contributed by atoms with Crippen LogP contribution in [0.25, 0.3) is 0 Å². The first-order chi connectivity index (χ1) is 8.66. The summed E-state index contributed by atoms with van der Waals surface area (Å²) in [5, 5.41) is 3.29. The largest absolute Gasteiger partial charge is 0.317 e. The van der Waals surface area contributed by atoms with Crippen LogP contribution in [0.3, 0.4) is 0 Å². The molecule has 0 spiro atoms. The van der Waals surface area contributed by atoms with E-state index < -0.39 is 0 Å². The minimum atomic E-state index is 0.214. The molecule has 3 nitrogen and oxygen atoms in total. The van der Waals surface area contributed by atoms with E-state index in [2.05, 4.69) is 22.3 Å². The lowest BCUT2D eigenvalue weighted by Crippen LogP contribution is -2.31. The summed E-state index contributed by atoms with van der Waals surface area (Å²) in [5.41, 5.74) is 2.12. The van der Waals surface area contributed by atoms with E-state index >= 15 is 0 Å². The Morgan fingerprint density at radius 3 is 2.39 bits per heavy atom. The van der Waals surface area contributed by atoms with Crippen molar-refractivity contribution in [3.05, 3.63) is 35.4 Å². The topological polar surface area (TPSA) is 32.3 Å². The van der Waals surface area contributed by atoms with Gasteiger partial charge < -0.3 is 10.2 Å². The Bertz CT molecular complexity index is 391. The number of ketones is 1. The van der Waals surface area contributed by atoms with Gasteiger partial charge in [-0.3, -0.25) is 4.79 Å². The van der Waals surface area contributed by atoms with Crippen LogP contribution in [0.5, 0.6) is 0 Å². The number of carbonyl (C=O) groups is 1. The molecule has 1 saturated heterocycles. The quantitative estimate of drug-likeness (QED) is 0.824. The Kier molecular flexibility index (Phi) is 4.50. The first-order valence-corrected chi connectivity index (χ1v) is 6.65. The molecule has 1 aromatic carbocycles. The van der Waals surface area contributed by atoms with Crippen molar-refractivity contribution in [2.24, 2.45) is 5.92 Å². The first kappa shape index (κ1) is 13.2. The van der Waals surface area contributed by atoms with Gasteiger partial charge in [0.1, 0.15) is 0 Å². The summed E-state index contributed by atoms with van der Waals surface area (Å²) in [6.07, 6.45) is 1.94. The van der Waals surface area contributed by atoms with Crippen molar-refractivity contribution in [2.75, 3.05) is 27.2 Å². The molecule has 0 atom stereocenters. The van der Waals surface area contributed by atoms with Crippen molar-refractivity contribution in [1.82, 2.24) is 10.2 Å². The third-order valence-electron chi connectivity index (χ3n) is 3.45. The number of rotatable bonds is 4. The molecular weight excluding hydrogens is 224 g/mol. The van der Waals surface area contributed by atoms with E-state index in [0.29, 0.717) is 5.78 Å². The van der Waals surface area contributed by atoms with Gasteiger partial charge in [-0.15, -0.1) is 0 Å². The molecule has 0 radical (unpaired) electrons. The summed E-state index contributed by atoms with van der Waals surface area (Å²) < 4.78 is 0. The average molecular weight is 246 g/mol. The van der Waals surface area contributed by atoms with Gasteiger partial charge in [0.2, 0.25) is 0 Å². The Morgan fingerprint density at radius 2 is 1.83 bits per heavy atom. The van der Waals surface area contributed by atoms with Crippen LogP contribution in [0.15, 0.2) is 24.3 Å². The monoisotopic (exact) mass is 246 g/mol. The highest BCUT2D eigenvalue weighted by Gasteiger charge is 2.21. The van der Waals surface area contributed by atoms with E-state index in [1.165, 1.54) is 5.56 Å². The van der Waals surface area contributed by atoms with E-state index in [9.17, 15) is 4.79 Å². The standard InChI is InChI=1S/C15H22N2O/c1-17(2)11-12-3-5-13(6-4-12)15(18)14-7-9-16-10-8-14/h3-6,14,16H,7-11H2,1-2H3. The van der Waals surface area contributed by atoms with Crippen molar-refractivity contribution < 1.29 is 4.79 Å². The van der Waals surface area contributed by atoms with Crippen LogP contribution in [-0.4, -0.2) is 37.9 Å². The molecule has 0 unspecified atom stereocenters. The Morgan fingerprint density at radius 1 is 1.22 bits per heavy atom. The fraction of sp³-hybridized carbons (Fsp3) is 0.533. The van der Waals surface area contributed by atoms with Gasteiger partial charge in [-0.25, -0.2) is 0 Å². The molecule has 3 heteroatoms. The number of hydrogen-bond donors (Lipinski definition) is 1. The SMILES string of the molecule is CN(C)Cc1ccc(C(=O)C2CCNCC2)cc1. The van der Waals surface area contributed by atoms with Crippen LogP contribution in [0.1, 0.15) is 28.8 Å². The molecule has 1 aliphatic rings. The predicted molar refractivity (Wildman–Crippen MR) is 73.8 cm³/mol. The van der Waals surface area contributed by atoms with E-state index in [0.717, 1.165) is 38.0 Å². The van der Waals surface area contributed by atoms with Crippen molar-refractivity contribution in [3.8, 4) is 0 Å². The molecule has 1 aromatic rings. The molecule has 0 amide bonds. The van der Waals surface area contributed by atoms with Crippen LogP contribution >= 0.6 is 0 Å². The number of carbonyl (C=O) groups excluding carboxylic acids is 1. The maximum atomic E-state index is 12.3. The van der Waals surface area contributed by atoms with Crippen molar-refractivity contribution >= 4 is 5.78 Å². The number of Topliss-reactive ketones (excluding diaryl/α,β-unsaturated/α-hetero) is 1. The van der Waals surface area contributed by atoms with Crippen LogP contribution in [-0.2, 0) is 6.54 Å². The lowest BCUT2D eigenvalue weighted by atomic mass is 9.89. The molecular formula is C15H22N2O. The van der Waals surface area contributed by atoms with Crippen LogP contribution in [0.2, 0.25) is 0 Å². The second-order valence-electron chi connectivity index (χ2n) is 5.32. The van der Waals surface area contributed by atoms with Gasteiger partial charge in [-0.05, 0) is 45.6 Å². The number of nitrogens with zero attached hydrogens (tertiary/aromatic N) is 1. The molecule has 1 fully saturated rings. The highest BCUT2D eigenvalue weighted by molar-refractivity contribution is 5.97. The zero-order valence-electron chi connectivity index (χ0n) is 11.3. The fourth-order valence-electron chi connectivity index (χ4n) is 2.46. The Balaban J connectivity index is 2.02. The molecule has 0 saturated carbocycles. The van der Waals surface area contributed by atoms with Crippen molar-refractivity contribution in [1.29, 1.82) is 0 Å². The minimum Gasteiger partial charge on any atom is -0.317 e. The highest BCUT2D eigenvalue weighted by atomic mass is 16.1. The maximum Gasteiger partial charge on any atom is 0.166 e. The third-order valence-corrected chi connectivity index (χ3v) is 3.45. The molecule has 1 N–H and O–H groups in total. The number of nitrogens with one attached hydrogen (secondary N) is 1. The smallest absolute Gasteiger partial charge is 0.166 e. The van der Waals surface area contributed by atoms with E-state index in [4.69, 9.17) is 0 Å². The summed E-state index contributed by atoms with van der Waals surface area (Å²) in [6, 6.07) is 8.08. The van der Waals surface area contributed by atoms with Crippen molar-refractivity contribution in [2.45, 2.75) is 19.4 Å². The molecule has 98 valence electrons. The number of hydrogen-bond acceptors (Lipinski definition) is 3. The van der Waals surface area contributed by atoms with E-state index in [1.807, 2.05) is 26.2 Å². The summed E-state index contributed by atoms with van der Waals surface area (Å²) in [7, 11) is 4.10. The lowest BCUT2D eigenvalue weighted by molar-refractivity contribution is 0.0895. The molecule has 2 rings (SSSR count). The molecule has 1 heterocycles. The maximum absolute atomic E-state index is 12.3. The highest BCUT2D eigenvalue weighted by Crippen LogP contribution is 2.18. The lowest BCUT2D eigenvalue weighted by Gasteiger charge is -2.21. The molecule has 1 aliphatic heterocycles. The van der Waals surface area contributed by atoms with Gasteiger partial charge in [-0.1, -0.05) is 24.3 Å². The summed E-state index contributed by atoms with van der Waals surface area (Å²) >= 11 is 0. The second kappa shape index (κ2) is 6.12. The molecule has 0 aromatic heterocycles. The van der Waals surface area contributed by atoms with E-state index in [-0.39, 0.29) is 5.92 Å². The minimum absolute atomic E-state index is 0.214. The predicted octanol–water partition coefficient (Wildman–Crippen LogP) is 1.93.